The highest BCUT2D eigenvalue weighted by Crippen LogP contribution is 2.18. The van der Waals surface area contributed by atoms with Crippen LogP contribution in [0.4, 0.5) is 0 Å². The molecule has 1 rings (SSSR count). The molecule has 1 heterocycles. The molecule has 1 saturated heterocycles. The first-order valence-corrected chi connectivity index (χ1v) is 9.18. The van der Waals surface area contributed by atoms with Gasteiger partial charge in [0.05, 0.1) is 0 Å². The monoisotopic (exact) mass is 426 g/mol. The predicted octanol–water partition coefficient (Wildman–Crippen LogP) is -2.18. The summed E-state index contributed by atoms with van der Waals surface area (Å²) in [7, 11) is 0. The summed E-state index contributed by atoms with van der Waals surface area (Å²) in [5, 5.41) is 0. The molecule has 1 fully saturated rings. The first-order valence-electron chi connectivity index (χ1n) is 9.18. The van der Waals surface area contributed by atoms with Crippen molar-refractivity contribution in [3.63, 3.8) is 0 Å². The molecule has 168 valence electrons. The van der Waals surface area contributed by atoms with Crippen LogP contribution in [0.25, 0.3) is 0 Å². The van der Waals surface area contributed by atoms with Gasteiger partial charge in [-0.15, -0.1) is 0 Å². The quantitative estimate of drug-likeness (QED) is 0.176. The maximum Gasteiger partial charge on any atom is 0.330 e. The average molecular weight is 426 g/mol. The number of ether oxygens (including phenoxy) is 3. The minimum absolute atomic E-state index is 0.0140. The predicted molar refractivity (Wildman–Crippen MR) is 108 cm³/mol. The lowest BCUT2D eigenvalue weighted by atomic mass is 10.3. The van der Waals surface area contributed by atoms with Gasteiger partial charge in [-0.25, -0.2) is 29.1 Å². The van der Waals surface area contributed by atoms with Crippen LogP contribution >= 0.6 is 0 Å². The van der Waals surface area contributed by atoms with E-state index >= 15 is 0 Å². The molecule has 1 aliphatic heterocycles. The molecule has 30 heavy (non-hydrogen) atoms. The molecular formula is C18H30N6O6. The molecule has 0 amide bonds. The minimum atomic E-state index is -0.758. The van der Waals surface area contributed by atoms with Gasteiger partial charge in [0, 0.05) is 37.9 Å². The van der Waals surface area contributed by atoms with Crippen LogP contribution in [0.2, 0.25) is 0 Å². The van der Waals surface area contributed by atoms with Gasteiger partial charge in [0.25, 0.3) is 0 Å². The van der Waals surface area contributed by atoms with Gasteiger partial charge in [0.2, 0.25) is 0 Å². The van der Waals surface area contributed by atoms with Crippen LogP contribution in [0, 0.1) is 0 Å². The first-order chi connectivity index (χ1) is 14.3. The summed E-state index contributed by atoms with van der Waals surface area (Å²) >= 11 is 0. The second-order valence-corrected chi connectivity index (χ2v) is 6.07. The van der Waals surface area contributed by atoms with E-state index < -0.39 is 36.8 Å². The molecule has 1 aliphatic rings. The summed E-state index contributed by atoms with van der Waals surface area (Å²) in [5.41, 5.74) is 18.9. The number of carbonyl (C=O) groups is 3. The molecule has 0 saturated carbocycles. The number of nitrogens with zero attached hydrogens (tertiary/aromatic N) is 3. The lowest BCUT2D eigenvalue weighted by Gasteiger charge is -2.53. The smallest absolute Gasteiger partial charge is 0.330 e. The van der Waals surface area contributed by atoms with E-state index in [1.807, 2.05) is 0 Å². The minimum Gasteiger partial charge on any atom is -0.461 e. The zero-order chi connectivity index (χ0) is 22.7. The van der Waals surface area contributed by atoms with Gasteiger partial charge in [0.1, 0.15) is 38.7 Å². The van der Waals surface area contributed by atoms with Crippen LogP contribution in [-0.2, 0) is 28.6 Å². The Hall–Kier alpha value is -2.61. The van der Waals surface area contributed by atoms with E-state index in [4.69, 9.17) is 31.4 Å². The Labute approximate surface area is 175 Å². The maximum atomic E-state index is 11.3. The molecule has 0 aliphatic carbocycles. The second-order valence-electron chi connectivity index (χ2n) is 6.07. The van der Waals surface area contributed by atoms with E-state index in [2.05, 4.69) is 19.7 Å². The molecule has 6 N–H and O–H groups in total. The Balaban J connectivity index is 2.87. The molecule has 0 spiro atoms. The van der Waals surface area contributed by atoms with Crippen LogP contribution < -0.4 is 17.2 Å². The van der Waals surface area contributed by atoms with Gasteiger partial charge in [-0.3, -0.25) is 0 Å². The van der Waals surface area contributed by atoms with Crippen LogP contribution in [-0.4, -0.2) is 90.9 Å². The number of hydrogen-bond donors (Lipinski definition) is 3. The number of carbonyl (C=O) groups excluding carboxylic acids is 3. The van der Waals surface area contributed by atoms with Gasteiger partial charge in [0.15, 0.2) is 0 Å². The summed E-state index contributed by atoms with van der Waals surface area (Å²) in [6.07, 6.45) is 0.872. The number of hydrogen-bond acceptors (Lipinski definition) is 12. The summed E-state index contributed by atoms with van der Waals surface area (Å²) in [5.74, 6) is -1.73. The Morgan fingerprint density at radius 2 is 0.867 bits per heavy atom. The highest BCUT2D eigenvalue weighted by Gasteiger charge is 2.41. The Kier molecular flexibility index (Phi) is 10.9. The van der Waals surface area contributed by atoms with Crippen molar-refractivity contribution in [1.29, 1.82) is 0 Å². The third-order valence-corrected chi connectivity index (χ3v) is 4.32. The highest BCUT2D eigenvalue weighted by molar-refractivity contribution is 5.81. The third-order valence-electron chi connectivity index (χ3n) is 4.32. The fourth-order valence-electron chi connectivity index (χ4n) is 2.77. The van der Waals surface area contributed by atoms with Crippen molar-refractivity contribution < 1.29 is 28.6 Å². The highest BCUT2D eigenvalue weighted by atomic mass is 16.5. The second kappa shape index (κ2) is 12.8. The topological polar surface area (TPSA) is 167 Å². The van der Waals surface area contributed by atoms with Crippen molar-refractivity contribution >= 4 is 17.9 Å². The van der Waals surface area contributed by atoms with E-state index in [0.717, 1.165) is 18.2 Å². The van der Waals surface area contributed by atoms with Crippen LogP contribution in [0.1, 0.15) is 0 Å². The molecule has 12 nitrogen and oxygen atoms in total. The van der Waals surface area contributed by atoms with Gasteiger partial charge in [-0.05, 0) is 0 Å². The summed E-state index contributed by atoms with van der Waals surface area (Å²) in [6.45, 7) is 10.6. The molecular weight excluding hydrogens is 396 g/mol. The van der Waals surface area contributed by atoms with Gasteiger partial charge < -0.3 is 31.4 Å². The fourth-order valence-corrected chi connectivity index (χ4v) is 2.77. The van der Waals surface area contributed by atoms with Crippen LogP contribution in [0.5, 0.6) is 0 Å². The Morgan fingerprint density at radius 1 is 0.633 bits per heavy atom. The van der Waals surface area contributed by atoms with Gasteiger partial charge >= 0.3 is 17.9 Å². The number of nitrogens with two attached hydrogens (primary N) is 3. The van der Waals surface area contributed by atoms with Crippen molar-refractivity contribution in [1.82, 2.24) is 14.7 Å². The zero-order valence-corrected chi connectivity index (χ0v) is 16.9. The van der Waals surface area contributed by atoms with E-state index in [1.165, 1.54) is 0 Å². The van der Waals surface area contributed by atoms with E-state index in [9.17, 15) is 14.4 Å². The molecule has 0 bridgehead atoms. The maximum absolute atomic E-state index is 11.3. The molecule has 0 atom stereocenters. The molecule has 0 unspecified atom stereocenters. The van der Waals surface area contributed by atoms with Crippen molar-refractivity contribution in [3.05, 3.63) is 38.0 Å². The lowest BCUT2D eigenvalue weighted by molar-refractivity contribution is -0.182. The largest absolute Gasteiger partial charge is 0.461 e. The van der Waals surface area contributed by atoms with Gasteiger partial charge in [-0.2, -0.15) is 0 Å². The normalized spacial score (nSPS) is 22.7. The van der Waals surface area contributed by atoms with Crippen LogP contribution in [0.3, 0.4) is 0 Å². The van der Waals surface area contributed by atoms with E-state index in [1.54, 1.807) is 14.7 Å². The van der Waals surface area contributed by atoms with E-state index in [0.29, 0.717) is 0 Å². The zero-order valence-electron chi connectivity index (χ0n) is 16.9. The molecule has 0 aromatic rings. The van der Waals surface area contributed by atoms with Crippen molar-refractivity contribution in [2.75, 3.05) is 39.5 Å². The Bertz CT molecular complexity index is 547. The lowest BCUT2D eigenvalue weighted by Crippen LogP contribution is -2.78. The van der Waals surface area contributed by atoms with Gasteiger partial charge in [-0.1, -0.05) is 19.7 Å². The summed E-state index contributed by atoms with van der Waals surface area (Å²) in [4.78, 5) is 38.8. The number of rotatable bonds is 12. The molecule has 0 aromatic carbocycles. The first kappa shape index (κ1) is 25.4. The Morgan fingerprint density at radius 3 is 1.07 bits per heavy atom. The van der Waals surface area contributed by atoms with Crippen LogP contribution in [0.15, 0.2) is 38.0 Å². The number of esters is 3. The molecule has 0 radical (unpaired) electrons. The van der Waals surface area contributed by atoms with Crippen molar-refractivity contribution in [2.24, 2.45) is 17.2 Å². The average Bonchev–Trinajstić information content (AvgIpc) is 2.74. The fraction of sp³-hybridized carbons (Fsp3) is 0.500. The molecule has 12 heteroatoms. The SMILES string of the molecule is C=CC(=O)OCCN1C(N)N(CCOC(=O)C=C)C(N)N(CCOC(=O)C=C)C1N. The van der Waals surface area contributed by atoms with Crippen molar-refractivity contribution in [3.8, 4) is 0 Å². The third kappa shape index (κ3) is 7.33. The standard InChI is InChI=1S/C18H30N6O6/c1-4-13(25)28-10-7-22-16(19)23(8-11-29-14(26)5-2)18(21)24(17(22)20)9-12-30-15(27)6-3/h4-6,16-18H,1-3,7-12,19-21H2. The van der Waals surface area contributed by atoms with Crippen molar-refractivity contribution in [2.45, 2.75) is 18.9 Å². The summed E-state index contributed by atoms with van der Waals surface area (Å²) in [6, 6.07) is 0. The summed E-state index contributed by atoms with van der Waals surface area (Å²) < 4.78 is 15.0. The van der Waals surface area contributed by atoms with E-state index in [-0.39, 0.29) is 39.5 Å². The molecule has 0 aromatic heterocycles.